The van der Waals surface area contributed by atoms with E-state index < -0.39 is 29.3 Å². The van der Waals surface area contributed by atoms with Gasteiger partial charge in [0, 0.05) is 6.20 Å². The van der Waals surface area contributed by atoms with E-state index in [1.165, 1.54) is 6.92 Å². The van der Waals surface area contributed by atoms with Gasteiger partial charge in [-0.25, -0.2) is 18.0 Å². The fourth-order valence-electron chi connectivity index (χ4n) is 1.21. The Morgan fingerprint density at radius 1 is 1.59 bits per heavy atom. The zero-order valence-corrected chi connectivity index (χ0v) is 9.60. The molecule has 0 saturated carbocycles. The standard InChI is InChI=1S/C10H9ClF3NO2/c1-2-17-10(16)7-5(9(13)14)4-15-6(3-11)8(7)12/h4,9H,2-3H2,1H3. The Labute approximate surface area is 101 Å². The number of hydrogen-bond acceptors (Lipinski definition) is 3. The maximum Gasteiger partial charge on any atom is 0.341 e. The normalized spacial score (nSPS) is 10.7. The van der Waals surface area contributed by atoms with Gasteiger partial charge in [-0.1, -0.05) is 0 Å². The van der Waals surface area contributed by atoms with Crippen molar-refractivity contribution in [1.82, 2.24) is 4.98 Å². The van der Waals surface area contributed by atoms with Crippen molar-refractivity contribution < 1.29 is 22.7 Å². The number of alkyl halides is 3. The molecule has 0 amide bonds. The first-order valence-corrected chi connectivity index (χ1v) is 5.24. The van der Waals surface area contributed by atoms with Gasteiger partial charge in [-0.2, -0.15) is 0 Å². The molecule has 17 heavy (non-hydrogen) atoms. The van der Waals surface area contributed by atoms with Crippen molar-refractivity contribution in [2.24, 2.45) is 0 Å². The van der Waals surface area contributed by atoms with Gasteiger partial charge in [0.1, 0.15) is 5.56 Å². The van der Waals surface area contributed by atoms with Crippen LogP contribution >= 0.6 is 11.6 Å². The number of aromatic nitrogens is 1. The van der Waals surface area contributed by atoms with E-state index in [2.05, 4.69) is 9.72 Å². The Morgan fingerprint density at radius 2 is 2.24 bits per heavy atom. The lowest BCUT2D eigenvalue weighted by Gasteiger charge is -2.10. The van der Waals surface area contributed by atoms with Crippen molar-refractivity contribution in [2.75, 3.05) is 6.61 Å². The van der Waals surface area contributed by atoms with E-state index in [0.717, 1.165) is 6.20 Å². The van der Waals surface area contributed by atoms with Crippen molar-refractivity contribution in [1.29, 1.82) is 0 Å². The first-order valence-electron chi connectivity index (χ1n) is 4.71. The van der Waals surface area contributed by atoms with Gasteiger partial charge in [0.2, 0.25) is 0 Å². The fraction of sp³-hybridized carbons (Fsp3) is 0.400. The van der Waals surface area contributed by atoms with Crippen LogP contribution in [0.4, 0.5) is 13.2 Å². The summed E-state index contributed by atoms with van der Waals surface area (Å²) in [6.45, 7) is 1.45. The van der Waals surface area contributed by atoms with Crippen molar-refractivity contribution >= 4 is 17.6 Å². The summed E-state index contributed by atoms with van der Waals surface area (Å²) in [6, 6.07) is 0. The molecule has 0 atom stereocenters. The number of nitrogens with zero attached hydrogens (tertiary/aromatic N) is 1. The Kier molecular flexibility index (Phi) is 4.74. The number of hydrogen-bond donors (Lipinski definition) is 0. The molecule has 1 rings (SSSR count). The molecule has 0 fully saturated rings. The number of halogens is 4. The van der Waals surface area contributed by atoms with E-state index in [1.807, 2.05) is 0 Å². The van der Waals surface area contributed by atoms with Gasteiger partial charge in [0.15, 0.2) is 5.82 Å². The van der Waals surface area contributed by atoms with Crippen molar-refractivity contribution in [3.05, 3.63) is 28.8 Å². The highest BCUT2D eigenvalue weighted by atomic mass is 35.5. The van der Waals surface area contributed by atoms with Crippen LogP contribution in [-0.2, 0) is 10.6 Å². The summed E-state index contributed by atoms with van der Waals surface area (Å²) in [7, 11) is 0. The summed E-state index contributed by atoms with van der Waals surface area (Å²) in [5.74, 6) is -2.62. The number of rotatable bonds is 4. The van der Waals surface area contributed by atoms with Gasteiger partial charge in [-0.3, -0.25) is 4.98 Å². The van der Waals surface area contributed by atoms with E-state index in [0.29, 0.717) is 0 Å². The molecule has 7 heteroatoms. The third kappa shape index (κ3) is 2.88. The second kappa shape index (κ2) is 5.86. The van der Waals surface area contributed by atoms with Crippen LogP contribution < -0.4 is 0 Å². The van der Waals surface area contributed by atoms with Crippen LogP contribution in [0.3, 0.4) is 0 Å². The Morgan fingerprint density at radius 3 is 2.71 bits per heavy atom. The summed E-state index contributed by atoms with van der Waals surface area (Å²) >= 11 is 5.38. The summed E-state index contributed by atoms with van der Waals surface area (Å²) in [6.07, 6.45) is -2.28. The second-order valence-corrected chi connectivity index (χ2v) is 3.27. The minimum absolute atomic E-state index is 0.0422. The summed E-state index contributed by atoms with van der Waals surface area (Å²) < 4.78 is 43.4. The molecule has 1 aromatic rings. The molecule has 0 radical (unpaired) electrons. The quantitative estimate of drug-likeness (QED) is 0.622. The highest BCUT2D eigenvalue weighted by Crippen LogP contribution is 2.26. The average molecular weight is 268 g/mol. The van der Waals surface area contributed by atoms with Gasteiger partial charge in [0.25, 0.3) is 6.43 Å². The van der Waals surface area contributed by atoms with Gasteiger partial charge in [0.05, 0.1) is 23.7 Å². The SMILES string of the molecule is CCOC(=O)c1c(C(F)F)cnc(CCl)c1F. The minimum Gasteiger partial charge on any atom is -0.462 e. The average Bonchev–Trinajstić information content (AvgIpc) is 2.28. The van der Waals surface area contributed by atoms with Gasteiger partial charge < -0.3 is 4.74 Å². The largest absolute Gasteiger partial charge is 0.462 e. The van der Waals surface area contributed by atoms with Crippen LogP contribution in [0.1, 0.15) is 35.0 Å². The maximum absolute atomic E-state index is 13.7. The lowest BCUT2D eigenvalue weighted by Crippen LogP contribution is -2.14. The molecule has 0 aliphatic carbocycles. The summed E-state index contributed by atoms with van der Waals surface area (Å²) in [5, 5.41) is 0. The Bertz CT molecular complexity index is 426. The van der Waals surface area contributed by atoms with E-state index in [-0.39, 0.29) is 18.2 Å². The molecule has 1 heterocycles. The first kappa shape index (κ1) is 13.8. The van der Waals surface area contributed by atoms with Gasteiger partial charge in [-0.05, 0) is 6.92 Å². The molecule has 94 valence electrons. The summed E-state index contributed by atoms with van der Waals surface area (Å²) in [5.41, 5.74) is -1.86. The van der Waals surface area contributed by atoms with Crippen LogP contribution in [0.5, 0.6) is 0 Å². The zero-order chi connectivity index (χ0) is 13.0. The predicted octanol–water partition coefficient (Wildman–Crippen LogP) is 3.07. The maximum atomic E-state index is 13.7. The molecule has 1 aromatic heterocycles. The first-order chi connectivity index (χ1) is 8.02. The van der Waals surface area contributed by atoms with Crippen LogP contribution in [-0.4, -0.2) is 17.6 Å². The Hall–Kier alpha value is -1.30. The number of pyridine rings is 1. The Balaban J connectivity index is 3.34. The van der Waals surface area contributed by atoms with Gasteiger partial charge >= 0.3 is 5.97 Å². The topological polar surface area (TPSA) is 39.2 Å². The molecule has 3 nitrogen and oxygen atoms in total. The molecular weight excluding hydrogens is 259 g/mol. The third-order valence-corrected chi connectivity index (χ3v) is 2.22. The number of ether oxygens (including phenoxy) is 1. The molecule has 0 bridgehead atoms. The molecule has 0 spiro atoms. The van der Waals surface area contributed by atoms with E-state index in [4.69, 9.17) is 11.6 Å². The van der Waals surface area contributed by atoms with Crippen LogP contribution in [0, 0.1) is 5.82 Å². The van der Waals surface area contributed by atoms with E-state index in [9.17, 15) is 18.0 Å². The molecular formula is C10H9ClF3NO2. The molecule has 0 unspecified atom stereocenters. The lowest BCUT2D eigenvalue weighted by atomic mass is 10.1. The van der Waals surface area contributed by atoms with Crippen molar-refractivity contribution in [3.63, 3.8) is 0 Å². The number of carbonyl (C=O) groups is 1. The summed E-state index contributed by atoms with van der Waals surface area (Å²) in [4.78, 5) is 14.8. The molecule has 0 N–H and O–H groups in total. The highest BCUT2D eigenvalue weighted by Gasteiger charge is 2.26. The van der Waals surface area contributed by atoms with Crippen LogP contribution in [0.2, 0.25) is 0 Å². The highest BCUT2D eigenvalue weighted by molar-refractivity contribution is 6.17. The van der Waals surface area contributed by atoms with Crippen LogP contribution in [0.25, 0.3) is 0 Å². The predicted molar refractivity (Wildman–Crippen MR) is 54.7 cm³/mol. The van der Waals surface area contributed by atoms with Crippen molar-refractivity contribution in [2.45, 2.75) is 19.2 Å². The fourth-order valence-corrected chi connectivity index (χ4v) is 1.40. The van der Waals surface area contributed by atoms with E-state index >= 15 is 0 Å². The smallest absolute Gasteiger partial charge is 0.341 e. The molecule has 0 saturated heterocycles. The molecule has 0 aliphatic heterocycles. The number of esters is 1. The lowest BCUT2D eigenvalue weighted by molar-refractivity contribution is 0.0508. The van der Waals surface area contributed by atoms with E-state index in [1.54, 1.807) is 0 Å². The van der Waals surface area contributed by atoms with Crippen molar-refractivity contribution in [3.8, 4) is 0 Å². The second-order valence-electron chi connectivity index (χ2n) is 3.00. The zero-order valence-electron chi connectivity index (χ0n) is 8.84. The van der Waals surface area contributed by atoms with Crippen LogP contribution in [0.15, 0.2) is 6.20 Å². The molecule has 0 aromatic carbocycles. The molecule has 0 aliphatic rings. The minimum atomic E-state index is -3.01. The monoisotopic (exact) mass is 267 g/mol. The number of carbonyl (C=O) groups excluding carboxylic acids is 1. The van der Waals surface area contributed by atoms with Gasteiger partial charge in [-0.15, -0.1) is 11.6 Å². The third-order valence-electron chi connectivity index (χ3n) is 1.96.